The Balaban J connectivity index is 2.63. The molecule has 0 aromatic carbocycles. The average Bonchev–Trinajstić information content (AvgIpc) is 2.19. The van der Waals surface area contributed by atoms with E-state index in [1.165, 1.54) is 0 Å². The van der Waals surface area contributed by atoms with Crippen molar-refractivity contribution in [1.29, 1.82) is 0 Å². The van der Waals surface area contributed by atoms with E-state index in [4.69, 9.17) is 20.3 Å². The molecule has 1 aliphatic rings. The Hall–Kier alpha value is -0.240. The van der Waals surface area contributed by atoms with Gasteiger partial charge in [-0.25, -0.2) is 0 Å². The number of hydrogen-bond donors (Lipinski definition) is 4. The van der Waals surface area contributed by atoms with Gasteiger partial charge in [-0.2, -0.15) is 0 Å². The summed E-state index contributed by atoms with van der Waals surface area (Å²) in [4.78, 5) is 0. The van der Waals surface area contributed by atoms with Crippen LogP contribution in [0.25, 0.3) is 0 Å². The quantitative estimate of drug-likeness (QED) is 0.418. The second-order valence-corrected chi connectivity index (χ2v) is 3.24. The molecule has 5 N–H and O–H groups in total. The van der Waals surface area contributed by atoms with Crippen LogP contribution >= 0.6 is 0 Å². The van der Waals surface area contributed by atoms with Crippen LogP contribution in [0.2, 0.25) is 0 Å². The van der Waals surface area contributed by atoms with E-state index in [0.29, 0.717) is 6.61 Å². The summed E-state index contributed by atoms with van der Waals surface area (Å²) in [6.45, 7) is 1.77. The zero-order valence-electron chi connectivity index (χ0n) is 8.04. The summed E-state index contributed by atoms with van der Waals surface area (Å²) in [6.07, 6.45) is -3.94. The van der Waals surface area contributed by atoms with E-state index in [0.717, 1.165) is 0 Å². The third-order valence-corrected chi connectivity index (χ3v) is 2.26. The van der Waals surface area contributed by atoms with E-state index in [1.807, 2.05) is 0 Å². The predicted molar refractivity (Wildman–Crippen MR) is 47.4 cm³/mol. The number of ether oxygens (including phenoxy) is 2. The van der Waals surface area contributed by atoms with E-state index in [-0.39, 0.29) is 6.61 Å². The average molecular weight is 207 g/mol. The lowest BCUT2D eigenvalue weighted by Gasteiger charge is -2.40. The van der Waals surface area contributed by atoms with Gasteiger partial charge in [0.05, 0.1) is 12.6 Å². The highest BCUT2D eigenvalue weighted by molar-refractivity contribution is 4.91. The lowest BCUT2D eigenvalue weighted by Crippen LogP contribution is -2.62. The van der Waals surface area contributed by atoms with Crippen molar-refractivity contribution in [3.05, 3.63) is 0 Å². The molecule has 1 fully saturated rings. The summed E-state index contributed by atoms with van der Waals surface area (Å²) in [5, 5.41) is 27.8. The largest absolute Gasteiger partial charge is 0.394 e. The van der Waals surface area contributed by atoms with Gasteiger partial charge in [-0.1, -0.05) is 0 Å². The fraction of sp³-hybridized carbons (Fsp3) is 1.00. The first kappa shape index (κ1) is 11.8. The van der Waals surface area contributed by atoms with Crippen molar-refractivity contribution in [2.45, 2.75) is 37.6 Å². The highest BCUT2D eigenvalue weighted by Crippen LogP contribution is 2.20. The number of hydrogen-bond acceptors (Lipinski definition) is 6. The number of aliphatic hydroxyl groups excluding tert-OH is 3. The zero-order chi connectivity index (χ0) is 10.7. The van der Waals surface area contributed by atoms with Crippen LogP contribution in [0.5, 0.6) is 0 Å². The molecule has 84 valence electrons. The first-order chi connectivity index (χ1) is 6.61. The smallest absolute Gasteiger partial charge is 0.175 e. The van der Waals surface area contributed by atoms with Gasteiger partial charge in [0.1, 0.15) is 18.3 Å². The molecule has 1 rings (SSSR count). The van der Waals surface area contributed by atoms with Gasteiger partial charge in [0, 0.05) is 6.61 Å². The van der Waals surface area contributed by atoms with Crippen LogP contribution < -0.4 is 5.73 Å². The van der Waals surface area contributed by atoms with Gasteiger partial charge in [0.2, 0.25) is 0 Å². The molecule has 1 saturated heterocycles. The minimum atomic E-state index is -1.17. The van der Waals surface area contributed by atoms with Gasteiger partial charge in [0.25, 0.3) is 0 Å². The van der Waals surface area contributed by atoms with Gasteiger partial charge in [-0.05, 0) is 6.92 Å². The summed E-state index contributed by atoms with van der Waals surface area (Å²) in [5.41, 5.74) is 5.57. The fourth-order valence-electron chi connectivity index (χ4n) is 1.42. The van der Waals surface area contributed by atoms with Crippen molar-refractivity contribution in [3.63, 3.8) is 0 Å². The molecule has 5 atom stereocenters. The first-order valence-electron chi connectivity index (χ1n) is 4.61. The molecule has 1 unspecified atom stereocenters. The second kappa shape index (κ2) is 5.01. The van der Waals surface area contributed by atoms with Crippen LogP contribution in [0.4, 0.5) is 0 Å². The highest BCUT2D eigenvalue weighted by Gasteiger charge is 2.42. The molecule has 6 nitrogen and oxygen atoms in total. The van der Waals surface area contributed by atoms with Gasteiger partial charge >= 0.3 is 0 Å². The van der Waals surface area contributed by atoms with E-state index >= 15 is 0 Å². The minimum absolute atomic E-state index is 0.380. The van der Waals surface area contributed by atoms with Crippen LogP contribution in [0.15, 0.2) is 0 Å². The number of aliphatic hydroxyl groups is 3. The maximum atomic E-state index is 9.50. The van der Waals surface area contributed by atoms with Crippen LogP contribution in [0.3, 0.4) is 0 Å². The molecule has 6 heteroatoms. The molecule has 0 aliphatic carbocycles. The lowest BCUT2D eigenvalue weighted by molar-refractivity contribution is -0.264. The molecule has 1 aliphatic heterocycles. The maximum Gasteiger partial charge on any atom is 0.175 e. The van der Waals surface area contributed by atoms with Gasteiger partial charge < -0.3 is 30.5 Å². The summed E-state index contributed by atoms with van der Waals surface area (Å²) in [5.74, 6) is 0. The summed E-state index contributed by atoms with van der Waals surface area (Å²) in [7, 11) is 0. The molecule has 0 aromatic rings. The number of rotatable bonds is 3. The normalized spacial score (nSPS) is 43.9. The molecule has 0 radical (unpaired) electrons. The molecule has 0 bridgehead atoms. The molecular weight excluding hydrogens is 190 g/mol. The summed E-state index contributed by atoms with van der Waals surface area (Å²) >= 11 is 0. The molecule has 1 heterocycles. The van der Waals surface area contributed by atoms with Crippen molar-refractivity contribution in [3.8, 4) is 0 Å². The Bertz CT molecular complexity index is 175. The summed E-state index contributed by atoms with van der Waals surface area (Å²) < 4.78 is 10.3. The van der Waals surface area contributed by atoms with E-state index in [1.54, 1.807) is 6.92 Å². The van der Waals surface area contributed by atoms with Gasteiger partial charge in [-0.3, -0.25) is 0 Å². The lowest BCUT2D eigenvalue weighted by atomic mass is 9.98. The molecular formula is C8H17NO5. The molecule has 0 amide bonds. The van der Waals surface area contributed by atoms with Crippen LogP contribution in [-0.2, 0) is 9.47 Å². The second-order valence-electron chi connectivity index (χ2n) is 3.24. The topological polar surface area (TPSA) is 105 Å². The summed E-state index contributed by atoms with van der Waals surface area (Å²) in [6, 6.07) is -0.798. The van der Waals surface area contributed by atoms with Gasteiger partial charge in [-0.15, -0.1) is 0 Å². The SMILES string of the molecule is CCOC1O[C@H](CO)[C@@H](O)[C@H](O)[C@H]1N. The Morgan fingerprint density at radius 3 is 2.50 bits per heavy atom. The van der Waals surface area contributed by atoms with Crippen molar-refractivity contribution in [1.82, 2.24) is 0 Å². The molecule has 0 aromatic heterocycles. The third kappa shape index (κ3) is 2.22. The van der Waals surface area contributed by atoms with Crippen molar-refractivity contribution in [2.24, 2.45) is 5.73 Å². The van der Waals surface area contributed by atoms with Crippen molar-refractivity contribution in [2.75, 3.05) is 13.2 Å². The monoisotopic (exact) mass is 207 g/mol. The fourth-order valence-corrected chi connectivity index (χ4v) is 1.42. The third-order valence-electron chi connectivity index (χ3n) is 2.26. The minimum Gasteiger partial charge on any atom is -0.394 e. The predicted octanol–water partition coefficient (Wildman–Crippen LogP) is -2.21. The highest BCUT2D eigenvalue weighted by atomic mass is 16.7. The molecule has 0 spiro atoms. The van der Waals surface area contributed by atoms with Crippen LogP contribution in [0, 0.1) is 0 Å². The number of nitrogens with two attached hydrogens (primary N) is 1. The molecule has 14 heavy (non-hydrogen) atoms. The van der Waals surface area contributed by atoms with Gasteiger partial charge in [0.15, 0.2) is 6.29 Å². The van der Waals surface area contributed by atoms with E-state index in [2.05, 4.69) is 0 Å². The van der Waals surface area contributed by atoms with E-state index < -0.39 is 30.6 Å². The standard InChI is InChI=1S/C8H17NO5/c1-2-13-8-5(9)7(12)6(11)4(3-10)14-8/h4-8,10-12H,2-3,9H2,1H3/t4-,5-,6-,7-,8?/m1/s1. The molecule has 0 saturated carbocycles. The Morgan fingerprint density at radius 2 is 2.00 bits per heavy atom. The Kier molecular flexibility index (Phi) is 4.24. The van der Waals surface area contributed by atoms with Crippen molar-refractivity contribution < 1.29 is 24.8 Å². The Morgan fingerprint density at radius 1 is 1.36 bits per heavy atom. The first-order valence-corrected chi connectivity index (χ1v) is 4.61. The van der Waals surface area contributed by atoms with E-state index in [9.17, 15) is 10.2 Å². The zero-order valence-corrected chi connectivity index (χ0v) is 8.04. The Labute approximate surface area is 82.2 Å². The van der Waals surface area contributed by atoms with Crippen molar-refractivity contribution >= 4 is 0 Å². The van der Waals surface area contributed by atoms with Crippen LogP contribution in [-0.4, -0.2) is 59.2 Å². The maximum absolute atomic E-state index is 9.50. The van der Waals surface area contributed by atoms with Crippen LogP contribution in [0.1, 0.15) is 6.92 Å².